The monoisotopic (exact) mass is 255 g/mol. The molecular weight excluding hydrogens is 240 g/mol. The molecule has 94 valence electrons. The van der Waals surface area contributed by atoms with Gasteiger partial charge in [0.1, 0.15) is 5.75 Å². The normalized spacial score (nSPS) is 17.9. The van der Waals surface area contributed by atoms with Crippen LogP contribution < -0.4 is 15.0 Å². The van der Waals surface area contributed by atoms with Gasteiger partial charge in [-0.25, -0.2) is 0 Å². The molecule has 17 heavy (non-hydrogen) atoms. The third-order valence-corrected chi connectivity index (χ3v) is 3.44. The van der Waals surface area contributed by atoms with Gasteiger partial charge in [-0.15, -0.1) is 0 Å². The molecule has 5 nitrogen and oxygen atoms in total. The van der Waals surface area contributed by atoms with Crippen molar-refractivity contribution >= 4 is 16.8 Å². The number of rotatable bonds is 3. The lowest BCUT2D eigenvalue weighted by Crippen LogP contribution is -2.43. The maximum atomic E-state index is 11.0. The van der Waals surface area contributed by atoms with Gasteiger partial charge in [0.25, 0.3) is 0 Å². The van der Waals surface area contributed by atoms with Crippen molar-refractivity contribution in [2.75, 3.05) is 38.2 Å². The van der Waals surface area contributed by atoms with Crippen molar-refractivity contribution in [3.05, 3.63) is 18.2 Å². The molecule has 1 heterocycles. The van der Waals surface area contributed by atoms with Crippen LogP contribution in [0.1, 0.15) is 0 Å². The molecule has 0 bridgehead atoms. The van der Waals surface area contributed by atoms with E-state index in [1.165, 1.54) is 0 Å². The van der Waals surface area contributed by atoms with Crippen molar-refractivity contribution in [2.24, 2.45) is 0 Å². The summed E-state index contributed by atoms with van der Waals surface area (Å²) >= 11 is -2.20. The number of anilines is 1. The van der Waals surface area contributed by atoms with Crippen LogP contribution in [0.25, 0.3) is 0 Å². The van der Waals surface area contributed by atoms with Gasteiger partial charge in [0.2, 0.25) is 0 Å². The molecule has 1 unspecified atom stereocenters. The molecule has 1 aliphatic rings. The summed E-state index contributed by atoms with van der Waals surface area (Å²) in [5.41, 5.74) is 0.843. The highest BCUT2D eigenvalue weighted by atomic mass is 32.2. The lowest BCUT2D eigenvalue weighted by molar-refractivity contribution is 0.412. The second kappa shape index (κ2) is 5.48. The fourth-order valence-electron chi connectivity index (χ4n) is 1.93. The third-order valence-electron chi connectivity index (χ3n) is 2.80. The molecule has 1 atom stereocenters. The Morgan fingerprint density at radius 1 is 1.41 bits per heavy atom. The van der Waals surface area contributed by atoms with Crippen LogP contribution >= 0.6 is 0 Å². The van der Waals surface area contributed by atoms with Crippen molar-refractivity contribution < 1.29 is 13.5 Å². The summed E-state index contributed by atoms with van der Waals surface area (Å²) in [6.45, 7) is 3.50. The van der Waals surface area contributed by atoms with E-state index in [-0.39, 0.29) is 0 Å². The first kappa shape index (κ1) is 12.3. The molecule has 1 aromatic carbocycles. The minimum atomic E-state index is -2.20. The van der Waals surface area contributed by atoms with E-state index in [1.807, 2.05) is 0 Å². The number of benzene rings is 1. The molecule has 0 aliphatic carbocycles. The number of nitrogens with one attached hydrogen (secondary N) is 1. The Balaban J connectivity index is 2.34. The standard InChI is InChI=1S/C11H16N2O3S/c1-16-11-3-2-9(17(14)15)8-10(11)13-6-4-12-5-7-13/h2-3,8,12H,4-7H2,1H3,(H,14,15)/p-1. The molecule has 1 N–H and O–H groups in total. The van der Waals surface area contributed by atoms with E-state index in [0.717, 1.165) is 31.9 Å². The zero-order valence-corrected chi connectivity index (χ0v) is 10.5. The van der Waals surface area contributed by atoms with Crippen LogP contribution in [0, 0.1) is 0 Å². The van der Waals surface area contributed by atoms with Crippen molar-refractivity contribution in [3.63, 3.8) is 0 Å². The SMILES string of the molecule is COc1ccc(S(=O)[O-])cc1N1CCNCC1. The first-order valence-electron chi connectivity index (χ1n) is 5.45. The van der Waals surface area contributed by atoms with E-state index < -0.39 is 11.1 Å². The van der Waals surface area contributed by atoms with Crippen LogP contribution in [0.4, 0.5) is 5.69 Å². The molecule has 1 aromatic rings. The third kappa shape index (κ3) is 2.77. The molecule has 0 aromatic heterocycles. The Hall–Kier alpha value is -1.11. The molecule has 1 aliphatic heterocycles. The minimum absolute atomic E-state index is 0.291. The Kier molecular flexibility index (Phi) is 3.98. The van der Waals surface area contributed by atoms with Crippen molar-refractivity contribution in [2.45, 2.75) is 4.90 Å². The van der Waals surface area contributed by atoms with Gasteiger partial charge in [0, 0.05) is 31.1 Å². The van der Waals surface area contributed by atoms with Gasteiger partial charge in [0.15, 0.2) is 0 Å². The van der Waals surface area contributed by atoms with Gasteiger partial charge < -0.3 is 19.5 Å². The maximum Gasteiger partial charge on any atom is 0.142 e. The zero-order valence-electron chi connectivity index (χ0n) is 9.64. The molecule has 2 rings (SSSR count). The van der Waals surface area contributed by atoms with Crippen molar-refractivity contribution in [1.82, 2.24) is 5.32 Å². The first-order chi connectivity index (χ1) is 8.22. The van der Waals surface area contributed by atoms with Crippen molar-refractivity contribution in [1.29, 1.82) is 0 Å². The van der Waals surface area contributed by atoms with Gasteiger partial charge in [-0.3, -0.25) is 4.21 Å². The van der Waals surface area contributed by atoms with E-state index in [4.69, 9.17) is 4.74 Å². The maximum absolute atomic E-state index is 11.0. The van der Waals surface area contributed by atoms with Crippen LogP contribution in [0.2, 0.25) is 0 Å². The number of ether oxygens (including phenoxy) is 1. The van der Waals surface area contributed by atoms with Crippen LogP contribution in [-0.4, -0.2) is 42.1 Å². The highest BCUT2D eigenvalue weighted by Gasteiger charge is 2.15. The van der Waals surface area contributed by atoms with Gasteiger partial charge in [-0.05, 0) is 29.3 Å². The largest absolute Gasteiger partial charge is 0.768 e. The number of hydrogen-bond acceptors (Lipinski definition) is 5. The second-order valence-corrected chi connectivity index (χ2v) is 4.75. The average Bonchev–Trinajstić information content (AvgIpc) is 2.39. The van der Waals surface area contributed by atoms with Crippen LogP contribution in [-0.2, 0) is 11.1 Å². The summed E-state index contributed by atoms with van der Waals surface area (Å²) in [6, 6.07) is 4.91. The van der Waals surface area contributed by atoms with Gasteiger partial charge in [0.05, 0.1) is 12.8 Å². The minimum Gasteiger partial charge on any atom is -0.768 e. The van der Waals surface area contributed by atoms with E-state index in [1.54, 1.807) is 25.3 Å². The van der Waals surface area contributed by atoms with Gasteiger partial charge in [-0.2, -0.15) is 0 Å². The molecular formula is C11H15N2O3S-. The number of piperazine rings is 1. The highest BCUT2D eigenvalue weighted by Crippen LogP contribution is 2.30. The fourth-order valence-corrected chi connectivity index (χ4v) is 2.31. The summed E-state index contributed by atoms with van der Waals surface area (Å²) < 4.78 is 27.2. The van der Waals surface area contributed by atoms with E-state index in [2.05, 4.69) is 10.2 Å². The topological polar surface area (TPSA) is 64.6 Å². The quantitative estimate of drug-likeness (QED) is 0.789. The molecule has 0 amide bonds. The average molecular weight is 255 g/mol. The summed E-state index contributed by atoms with van der Waals surface area (Å²) in [5, 5.41) is 3.26. The number of methoxy groups -OCH3 is 1. The molecule has 0 saturated carbocycles. The predicted octanol–water partition coefficient (Wildman–Crippen LogP) is 0.343. The number of nitrogens with zero attached hydrogens (tertiary/aromatic N) is 1. The van der Waals surface area contributed by atoms with E-state index >= 15 is 0 Å². The van der Waals surface area contributed by atoms with Gasteiger partial charge in [-0.1, -0.05) is 0 Å². The molecule has 0 radical (unpaired) electrons. The molecule has 1 fully saturated rings. The Morgan fingerprint density at radius 2 is 2.12 bits per heavy atom. The lowest BCUT2D eigenvalue weighted by Gasteiger charge is -2.31. The Morgan fingerprint density at radius 3 is 2.71 bits per heavy atom. The summed E-state index contributed by atoms with van der Waals surface area (Å²) in [5.74, 6) is 0.709. The summed E-state index contributed by atoms with van der Waals surface area (Å²) in [4.78, 5) is 2.42. The van der Waals surface area contributed by atoms with E-state index in [9.17, 15) is 8.76 Å². The van der Waals surface area contributed by atoms with Crippen LogP contribution in [0.15, 0.2) is 23.1 Å². The van der Waals surface area contributed by atoms with Gasteiger partial charge >= 0.3 is 0 Å². The second-order valence-electron chi connectivity index (χ2n) is 3.81. The van der Waals surface area contributed by atoms with E-state index in [0.29, 0.717) is 10.6 Å². The highest BCUT2D eigenvalue weighted by molar-refractivity contribution is 7.79. The van der Waals surface area contributed by atoms with Crippen molar-refractivity contribution in [3.8, 4) is 5.75 Å². The molecule has 1 saturated heterocycles. The van der Waals surface area contributed by atoms with Crippen LogP contribution in [0.5, 0.6) is 5.75 Å². The Bertz CT molecular complexity index is 419. The summed E-state index contributed by atoms with van der Waals surface area (Å²) in [7, 11) is 1.59. The first-order valence-corrected chi connectivity index (χ1v) is 6.53. The molecule has 0 spiro atoms. The predicted molar refractivity (Wildman–Crippen MR) is 65.3 cm³/mol. The smallest absolute Gasteiger partial charge is 0.142 e. The Labute approximate surface area is 103 Å². The molecule has 6 heteroatoms. The summed E-state index contributed by atoms with van der Waals surface area (Å²) in [6.07, 6.45) is 0. The van der Waals surface area contributed by atoms with Crippen LogP contribution in [0.3, 0.4) is 0 Å². The number of hydrogen-bond donors (Lipinski definition) is 1. The lowest BCUT2D eigenvalue weighted by atomic mass is 10.2. The fraction of sp³-hybridized carbons (Fsp3) is 0.455. The zero-order chi connectivity index (χ0) is 12.3.